The van der Waals surface area contributed by atoms with Gasteiger partial charge in [-0.1, -0.05) is 89.3 Å². The van der Waals surface area contributed by atoms with E-state index in [4.69, 9.17) is 4.74 Å². The molecule has 1 aromatic rings. The van der Waals surface area contributed by atoms with E-state index in [1.54, 1.807) is 0 Å². The summed E-state index contributed by atoms with van der Waals surface area (Å²) in [5.74, 6) is 0.998. The van der Waals surface area contributed by atoms with Crippen molar-refractivity contribution in [3.8, 4) is 5.75 Å². The Morgan fingerprint density at radius 1 is 0.727 bits per heavy atom. The van der Waals surface area contributed by atoms with Crippen LogP contribution in [0.2, 0.25) is 0 Å². The summed E-state index contributed by atoms with van der Waals surface area (Å²) in [5.41, 5.74) is 0. The normalized spacial score (nSPS) is 12.3. The van der Waals surface area contributed by atoms with Gasteiger partial charge in [0.25, 0.3) is 0 Å². The molecule has 0 N–H and O–H groups in total. The van der Waals surface area contributed by atoms with Crippen molar-refractivity contribution in [3.63, 3.8) is 0 Å². The first-order valence-corrected chi connectivity index (χ1v) is 9.54. The molecule has 0 spiro atoms. The van der Waals surface area contributed by atoms with Gasteiger partial charge in [-0.05, 0) is 31.9 Å². The molecule has 1 rings (SSSR count). The molecular formula is C21H36O. The highest BCUT2D eigenvalue weighted by molar-refractivity contribution is 5.21. The third-order valence-corrected chi connectivity index (χ3v) is 4.29. The van der Waals surface area contributed by atoms with Gasteiger partial charge in [0.15, 0.2) is 0 Å². The standard InChI is InChI=1S/C21H36O/c1-3-4-5-6-7-8-9-10-11-12-14-17-20(2)22-21-18-15-13-16-19-21/h13,15-16,18-20H,3-12,14,17H2,1-2H3. The molecule has 0 aromatic heterocycles. The maximum atomic E-state index is 5.91. The molecule has 1 heteroatoms. The van der Waals surface area contributed by atoms with Gasteiger partial charge >= 0.3 is 0 Å². The van der Waals surface area contributed by atoms with Crippen LogP contribution in [0, 0.1) is 0 Å². The van der Waals surface area contributed by atoms with Crippen LogP contribution in [0.25, 0.3) is 0 Å². The smallest absolute Gasteiger partial charge is 0.119 e. The van der Waals surface area contributed by atoms with E-state index in [1.807, 2.05) is 30.3 Å². The molecule has 0 saturated heterocycles. The summed E-state index contributed by atoms with van der Waals surface area (Å²) in [6.45, 7) is 4.47. The van der Waals surface area contributed by atoms with Gasteiger partial charge in [0.05, 0.1) is 6.10 Å². The molecule has 22 heavy (non-hydrogen) atoms. The molecule has 0 aliphatic carbocycles. The molecule has 1 atom stereocenters. The molecule has 0 bridgehead atoms. The maximum Gasteiger partial charge on any atom is 0.119 e. The van der Waals surface area contributed by atoms with Crippen LogP contribution in [-0.4, -0.2) is 6.10 Å². The molecule has 0 amide bonds. The second-order valence-corrected chi connectivity index (χ2v) is 6.57. The largest absolute Gasteiger partial charge is 0.491 e. The Labute approximate surface area is 138 Å². The Balaban J connectivity index is 1.85. The Bertz CT molecular complexity index is 333. The quantitative estimate of drug-likeness (QED) is 0.331. The number of rotatable bonds is 14. The van der Waals surface area contributed by atoms with Crippen molar-refractivity contribution in [2.45, 2.75) is 97.0 Å². The van der Waals surface area contributed by atoms with Crippen molar-refractivity contribution in [2.75, 3.05) is 0 Å². The van der Waals surface area contributed by atoms with Gasteiger partial charge in [-0.25, -0.2) is 0 Å². The second-order valence-electron chi connectivity index (χ2n) is 6.57. The molecule has 0 aliphatic heterocycles. The van der Waals surface area contributed by atoms with E-state index in [0.717, 1.165) is 5.75 Å². The van der Waals surface area contributed by atoms with Crippen LogP contribution in [0.4, 0.5) is 0 Å². The van der Waals surface area contributed by atoms with Crippen LogP contribution in [0.5, 0.6) is 5.75 Å². The summed E-state index contributed by atoms with van der Waals surface area (Å²) in [5, 5.41) is 0. The fourth-order valence-electron chi connectivity index (χ4n) is 2.89. The lowest BCUT2D eigenvalue weighted by atomic mass is 10.0. The fourth-order valence-corrected chi connectivity index (χ4v) is 2.89. The molecule has 126 valence electrons. The second kappa shape index (κ2) is 13.7. The lowest BCUT2D eigenvalue weighted by molar-refractivity contribution is 0.206. The van der Waals surface area contributed by atoms with Crippen molar-refractivity contribution < 1.29 is 4.74 Å². The molecule has 1 nitrogen and oxygen atoms in total. The maximum absolute atomic E-state index is 5.91. The first-order valence-electron chi connectivity index (χ1n) is 9.54. The van der Waals surface area contributed by atoms with Gasteiger partial charge in [-0.15, -0.1) is 0 Å². The zero-order chi connectivity index (χ0) is 15.9. The van der Waals surface area contributed by atoms with E-state index in [9.17, 15) is 0 Å². The van der Waals surface area contributed by atoms with E-state index in [1.165, 1.54) is 77.0 Å². The van der Waals surface area contributed by atoms with Gasteiger partial charge in [-0.3, -0.25) is 0 Å². The molecule has 1 unspecified atom stereocenters. The van der Waals surface area contributed by atoms with Crippen LogP contribution < -0.4 is 4.74 Å². The molecule has 0 aliphatic rings. The molecule has 0 radical (unpaired) electrons. The van der Waals surface area contributed by atoms with E-state index in [-0.39, 0.29) is 0 Å². The van der Waals surface area contributed by atoms with Crippen LogP contribution in [0.1, 0.15) is 90.9 Å². The highest BCUT2D eigenvalue weighted by Crippen LogP contribution is 2.16. The van der Waals surface area contributed by atoms with Crippen LogP contribution >= 0.6 is 0 Å². The zero-order valence-electron chi connectivity index (χ0n) is 14.9. The molecular weight excluding hydrogens is 268 g/mol. The predicted octanol–water partition coefficient (Wildman–Crippen LogP) is 7.16. The average Bonchev–Trinajstić information content (AvgIpc) is 2.53. The monoisotopic (exact) mass is 304 g/mol. The summed E-state index contributed by atoms with van der Waals surface area (Å²) < 4.78 is 5.91. The van der Waals surface area contributed by atoms with Crippen molar-refractivity contribution in [3.05, 3.63) is 30.3 Å². The van der Waals surface area contributed by atoms with Crippen LogP contribution in [-0.2, 0) is 0 Å². The molecule has 0 heterocycles. The lowest BCUT2D eigenvalue weighted by Gasteiger charge is -2.14. The third-order valence-electron chi connectivity index (χ3n) is 4.29. The number of hydrogen-bond donors (Lipinski definition) is 0. The lowest BCUT2D eigenvalue weighted by Crippen LogP contribution is -2.11. The van der Waals surface area contributed by atoms with Crippen LogP contribution in [0.3, 0.4) is 0 Å². The number of para-hydroxylation sites is 1. The Hall–Kier alpha value is -0.980. The van der Waals surface area contributed by atoms with E-state index in [2.05, 4.69) is 13.8 Å². The van der Waals surface area contributed by atoms with Gasteiger partial charge in [0, 0.05) is 0 Å². The summed E-state index contributed by atoms with van der Waals surface area (Å²) in [6.07, 6.45) is 17.0. The third kappa shape index (κ3) is 10.7. The van der Waals surface area contributed by atoms with Gasteiger partial charge in [-0.2, -0.15) is 0 Å². The Morgan fingerprint density at radius 2 is 1.23 bits per heavy atom. The van der Waals surface area contributed by atoms with Gasteiger partial charge < -0.3 is 4.74 Å². The molecule has 1 aromatic carbocycles. The Morgan fingerprint density at radius 3 is 1.77 bits per heavy atom. The fraction of sp³-hybridized carbons (Fsp3) is 0.714. The minimum atomic E-state index is 0.334. The summed E-state index contributed by atoms with van der Waals surface area (Å²) in [4.78, 5) is 0. The SMILES string of the molecule is CCCCCCCCCCCCCC(C)Oc1ccccc1. The minimum absolute atomic E-state index is 0.334. The topological polar surface area (TPSA) is 9.23 Å². The summed E-state index contributed by atoms with van der Waals surface area (Å²) >= 11 is 0. The highest BCUT2D eigenvalue weighted by atomic mass is 16.5. The number of ether oxygens (including phenoxy) is 1. The molecule has 0 saturated carbocycles. The van der Waals surface area contributed by atoms with E-state index in [0.29, 0.717) is 6.10 Å². The van der Waals surface area contributed by atoms with E-state index >= 15 is 0 Å². The highest BCUT2D eigenvalue weighted by Gasteiger charge is 2.03. The first kappa shape index (κ1) is 19.1. The number of hydrogen-bond acceptors (Lipinski definition) is 1. The van der Waals surface area contributed by atoms with E-state index < -0.39 is 0 Å². The number of unbranched alkanes of at least 4 members (excludes halogenated alkanes) is 10. The summed E-state index contributed by atoms with van der Waals surface area (Å²) in [7, 11) is 0. The average molecular weight is 305 g/mol. The van der Waals surface area contributed by atoms with Gasteiger partial charge in [0.2, 0.25) is 0 Å². The van der Waals surface area contributed by atoms with Crippen molar-refractivity contribution in [2.24, 2.45) is 0 Å². The zero-order valence-corrected chi connectivity index (χ0v) is 14.9. The number of benzene rings is 1. The van der Waals surface area contributed by atoms with Crippen molar-refractivity contribution in [1.29, 1.82) is 0 Å². The first-order chi connectivity index (χ1) is 10.8. The van der Waals surface area contributed by atoms with Gasteiger partial charge in [0.1, 0.15) is 5.75 Å². The predicted molar refractivity (Wildman–Crippen MR) is 97.6 cm³/mol. The van der Waals surface area contributed by atoms with Crippen molar-refractivity contribution >= 4 is 0 Å². The summed E-state index contributed by atoms with van der Waals surface area (Å²) in [6, 6.07) is 10.2. The van der Waals surface area contributed by atoms with Crippen molar-refractivity contribution in [1.82, 2.24) is 0 Å². The molecule has 0 fully saturated rings. The Kier molecular flexibility index (Phi) is 11.8. The minimum Gasteiger partial charge on any atom is -0.491 e. The van der Waals surface area contributed by atoms with Crippen LogP contribution in [0.15, 0.2) is 30.3 Å².